The summed E-state index contributed by atoms with van der Waals surface area (Å²) in [6, 6.07) is 3.65. The highest BCUT2D eigenvalue weighted by atomic mass is 35.5. The summed E-state index contributed by atoms with van der Waals surface area (Å²) in [6.45, 7) is 7.01. The van der Waals surface area contributed by atoms with E-state index >= 15 is 0 Å². The first-order valence-electron chi connectivity index (χ1n) is 12.5. The number of nitrogens with zero attached hydrogens (tertiary/aromatic N) is 6. The van der Waals surface area contributed by atoms with Gasteiger partial charge < -0.3 is 19.3 Å². The van der Waals surface area contributed by atoms with Gasteiger partial charge in [0.1, 0.15) is 17.9 Å². The molecule has 0 saturated carbocycles. The van der Waals surface area contributed by atoms with Crippen molar-refractivity contribution in [3.05, 3.63) is 34.7 Å². The molecule has 212 valence electrons. The molecule has 1 aliphatic heterocycles. The number of fused-ring (bicyclic) bond motifs is 1. The Kier molecular flexibility index (Phi) is 8.70. The lowest BCUT2D eigenvalue weighted by atomic mass is 10.1. The summed E-state index contributed by atoms with van der Waals surface area (Å²) in [5.41, 5.74) is 3.59. The van der Waals surface area contributed by atoms with Crippen LogP contribution in [0.4, 0.5) is 24.7 Å². The van der Waals surface area contributed by atoms with E-state index in [-0.39, 0.29) is 13.0 Å². The monoisotopic (exact) mass is 569 g/mol. The number of ether oxygens (including phenoxy) is 2. The highest BCUT2D eigenvalue weighted by Crippen LogP contribution is 2.34. The SMILES string of the molecule is CCc1[nH]nc2ncnc(N3CCN(c4cc(Cl)c(OCCC(OC(=O)C(F)(F)F)N(C)C)cc4C)CC3)c12. The number of hydrogen-bond acceptors (Lipinski definition) is 9. The quantitative estimate of drug-likeness (QED) is 0.303. The second-order valence-electron chi connectivity index (χ2n) is 9.45. The average Bonchev–Trinajstić information content (AvgIpc) is 3.32. The molecule has 1 aromatic carbocycles. The third kappa shape index (κ3) is 6.47. The van der Waals surface area contributed by atoms with Crippen LogP contribution in [0.3, 0.4) is 0 Å². The molecule has 10 nitrogen and oxygen atoms in total. The molecule has 39 heavy (non-hydrogen) atoms. The molecule has 1 fully saturated rings. The number of rotatable bonds is 9. The third-order valence-electron chi connectivity index (χ3n) is 6.60. The Balaban J connectivity index is 1.38. The number of hydrogen-bond donors (Lipinski definition) is 1. The maximum absolute atomic E-state index is 12.6. The van der Waals surface area contributed by atoms with E-state index in [1.54, 1.807) is 0 Å². The molecule has 0 spiro atoms. The van der Waals surface area contributed by atoms with Gasteiger partial charge in [0.25, 0.3) is 0 Å². The van der Waals surface area contributed by atoms with Crippen LogP contribution in [0.1, 0.15) is 24.6 Å². The van der Waals surface area contributed by atoms with Crippen molar-refractivity contribution in [2.45, 2.75) is 39.1 Å². The molecule has 1 atom stereocenters. The van der Waals surface area contributed by atoms with Crippen molar-refractivity contribution in [3.8, 4) is 5.75 Å². The van der Waals surface area contributed by atoms with Crippen LogP contribution in [0.25, 0.3) is 11.0 Å². The van der Waals surface area contributed by atoms with Crippen LogP contribution in [-0.2, 0) is 16.0 Å². The van der Waals surface area contributed by atoms with Crippen LogP contribution in [-0.4, -0.2) is 90.3 Å². The first kappa shape index (κ1) is 28.7. The Hall–Kier alpha value is -3.32. The summed E-state index contributed by atoms with van der Waals surface area (Å²) < 4.78 is 48.1. The normalized spacial score (nSPS) is 15.2. The summed E-state index contributed by atoms with van der Waals surface area (Å²) in [5, 5.41) is 8.68. The highest BCUT2D eigenvalue weighted by molar-refractivity contribution is 6.32. The van der Waals surface area contributed by atoms with E-state index < -0.39 is 18.4 Å². The number of esters is 1. The lowest BCUT2D eigenvalue weighted by Crippen LogP contribution is -2.47. The zero-order valence-corrected chi connectivity index (χ0v) is 22.9. The summed E-state index contributed by atoms with van der Waals surface area (Å²) in [7, 11) is 3.04. The molecule has 4 rings (SSSR count). The molecule has 0 amide bonds. The van der Waals surface area contributed by atoms with Crippen LogP contribution in [0, 0.1) is 6.92 Å². The molecule has 0 bridgehead atoms. The predicted octanol–water partition coefficient (Wildman–Crippen LogP) is 3.97. The fourth-order valence-electron chi connectivity index (χ4n) is 4.53. The van der Waals surface area contributed by atoms with E-state index in [0.717, 1.165) is 60.7 Å². The van der Waals surface area contributed by atoms with Crippen molar-refractivity contribution in [1.29, 1.82) is 0 Å². The summed E-state index contributed by atoms with van der Waals surface area (Å²) in [4.78, 5) is 25.9. The van der Waals surface area contributed by atoms with E-state index in [1.807, 2.05) is 19.1 Å². The standard InChI is InChI=1S/C25H31ClF3N7O3/c1-5-17-21-22(33-32-17)30-14-31-23(21)36-9-7-35(8-10-36)18-13-16(26)19(12-15(18)2)38-11-6-20(34(3)4)39-24(37)25(27,28)29/h12-14,20H,5-11H2,1-4H3,(H,30,31,32,33). The summed E-state index contributed by atoms with van der Waals surface area (Å²) in [6.07, 6.45) is -3.79. The van der Waals surface area contributed by atoms with Gasteiger partial charge in [-0.1, -0.05) is 18.5 Å². The van der Waals surface area contributed by atoms with Gasteiger partial charge in [-0.2, -0.15) is 18.3 Å². The van der Waals surface area contributed by atoms with E-state index in [9.17, 15) is 18.0 Å². The minimum Gasteiger partial charge on any atom is -0.492 e. The van der Waals surface area contributed by atoms with Gasteiger partial charge in [0.15, 0.2) is 11.9 Å². The second-order valence-corrected chi connectivity index (χ2v) is 9.86. The minimum atomic E-state index is -5.06. The molecule has 14 heteroatoms. The van der Waals surface area contributed by atoms with Gasteiger partial charge >= 0.3 is 12.1 Å². The Morgan fingerprint density at radius 3 is 2.51 bits per heavy atom. The van der Waals surface area contributed by atoms with Crippen molar-refractivity contribution in [2.75, 3.05) is 56.7 Å². The lowest BCUT2D eigenvalue weighted by molar-refractivity contribution is -0.212. The van der Waals surface area contributed by atoms with Crippen LogP contribution in [0.2, 0.25) is 5.02 Å². The Bertz CT molecular complexity index is 1310. The van der Waals surface area contributed by atoms with Crippen molar-refractivity contribution in [1.82, 2.24) is 25.1 Å². The van der Waals surface area contributed by atoms with Crippen molar-refractivity contribution < 1.29 is 27.4 Å². The van der Waals surface area contributed by atoms with E-state index in [2.05, 4.69) is 41.6 Å². The van der Waals surface area contributed by atoms with E-state index in [1.165, 1.54) is 25.3 Å². The zero-order valence-electron chi connectivity index (χ0n) is 22.2. The Labute approximate surface area is 229 Å². The Morgan fingerprint density at radius 2 is 1.87 bits per heavy atom. The van der Waals surface area contributed by atoms with Crippen molar-refractivity contribution in [2.24, 2.45) is 0 Å². The number of aromatic nitrogens is 4. The maximum Gasteiger partial charge on any atom is 0.490 e. The van der Waals surface area contributed by atoms with Gasteiger partial charge in [0.05, 0.1) is 17.0 Å². The number of H-pyrrole nitrogens is 1. The van der Waals surface area contributed by atoms with Crippen LogP contribution >= 0.6 is 11.6 Å². The van der Waals surface area contributed by atoms with Gasteiger partial charge in [0.2, 0.25) is 0 Å². The first-order chi connectivity index (χ1) is 18.5. The number of aryl methyl sites for hydroxylation is 2. The molecule has 3 aromatic rings. The number of benzene rings is 1. The summed E-state index contributed by atoms with van der Waals surface area (Å²) >= 11 is 6.52. The van der Waals surface area contributed by atoms with E-state index in [0.29, 0.717) is 16.4 Å². The molecule has 1 aliphatic rings. The van der Waals surface area contributed by atoms with Gasteiger partial charge in [0, 0.05) is 44.0 Å². The smallest absolute Gasteiger partial charge is 0.490 e. The lowest BCUT2D eigenvalue weighted by Gasteiger charge is -2.37. The molecule has 1 N–H and O–H groups in total. The molecular weight excluding hydrogens is 539 g/mol. The third-order valence-corrected chi connectivity index (χ3v) is 6.90. The number of carbonyl (C=O) groups excluding carboxylic acids is 1. The minimum absolute atomic E-state index is 0.00628. The van der Waals surface area contributed by atoms with E-state index in [4.69, 9.17) is 16.3 Å². The van der Waals surface area contributed by atoms with Gasteiger partial charge in [-0.25, -0.2) is 14.8 Å². The molecule has 1 unspecified atom stereocenters. The largest absolute Gasteiger partial charge is 0.492 e. The molecule has 3 heterocycles. The molecule has 1 saturated heterocycles. The van der Waals surface area contributed by atoms with Gasteiger partial charge in [-0.3, -0.25) is 10.00 Å². The average molecular weight is 570 g/mol. The maximum atomic E-state index is 12.6. The summed E-state index contributed by atoms with van der Waals surface area (Å²) in [5.74, 6) is -0.952. The number of halogens is 4. The number of piperazine rings is 1. The molecule has 0 aliphatic carbocycles. The molecular formula is C25H31ClF3N7O3. The van der Waals surface area contributed by atoms with Crippen LogP contribution in [0.5, 0.6) is 5.75 Å². The highest BCUT2D eigenvalue weighted by Gasteiger charge is 2.42. The number of anilines is 2. The fourth-order valence-corrected chi connectivity index (χ4v) is 4.74. The second kappa shape index (κ2) is 11.8. The zero-order chi connectivity index (χ0) is 28.3. The Morgan fingerprint density at radius 1 is 1.18 bits per heavy atom. The topological polar surface area (TPSA) is 99.7 Å². The van der Waals surface area contributed by atoms with Crippen molar-refractivity contribution in [3.63, 3.8) is 0 Å². The van der Waals surface area contributed by atoms with Crippen LogP contribution in [0.15, 0.2) is 18.5 Å². The number of carbonyl (C=O) groups is 1. The number of nitrogens with one attached hydrogen (secondary N) is 1. The van der Waals surface area contributed by atoms with Crippen molar-refractivity contribution >= 4 is 40.1 Å². The molecule has 2 aromatic heterocycles. The predicted molar refractivity (Wildman–Crippen MR) is 141 cm³/mol. The van der Waals surface area contributed by atoms with Gasteiger partial charge in [-0.05, 0) is 45.1 Å². The number of alkyl halides is 3. The number of aromatic amines is 1. The first-order valence-corrected chi connectivity index (χ1v) is 12.9. The fraction of sp³-hybridized carbons (Fsp3) is 0.520. The van der Waals surface area contributed by atoms with Gasteiger partial charge in [-0.15, -0.1) is 0 Å². The molecule has 0 radical (unpaired) electrons. The van der Waals surface area contributed by atoms with Crippen LogP contribution < -0.4 is 14.5 Å².